The third-order valence-corrected chi connectivity index (χ3v) is 2.74. The molecule has 5 heteroatoms. The van der Waals surface area contributed by atoms with Crippen molar-refractivity contribution in [2.24, 2.45) is 0 Å². The highest BCUT2D eigenvalue weighted by molar-refractivity contribution is 5.86. The molecule has 1 unspecified atom stereocenters. The summed E-state index contributed by atoms with van der Waals surface area (Å²) in [6, 6.07) is 1.59. The second-order valence-corrected chi connectivity index (χ2v) is 4.20. The van der Waals surface area contributed by atoms with Crippen molar-refractivity contribution in [2.75, 3.05) is 0 Å². The maximum atomic E-state index is 11.4. The van der Waals surface area contributed by atoms with Gasteiger partial charge in [-0.1, -0.05) is 13.3 Å². The molecule has 0 spiro atoms. The summed E-state index contributed by atoms with van der Waals surface area (Å²) in [5.74, 6) is -2.09. The van der Waals surface area contributed by atoms with Gasteiger partial charge in [-0.05, 0) is 25.0 Å². The molecule has 0 aliphatic rings. The molecule has 0 aliphatic heterocycles. The molecule has 2 N–H and O–H groups in total. The van der Waals surface area contributed by atoms with Crippen molar-refractivity contribution >= 4 is 11.9 Å². The van der Waals surface area contributed by atoms with Gasteiger partial charge in [-0.15, -0.1) is 0 Å². The molecule has 94 valence electrons. The van der Waals surface area contributed by atoms with Crippen LogP contribution < -0.4 is 0 Å². The lowest BCUT2D eigenvalue weighted by molar-refractivity contribution is -0.151. The van der Waals surface area contributed by atoms with Gasteiger partial charge in [-0.3, -0.25) is 9.59 Å². The molecule has 17 heavy (non-hydrogen) atoms. The number of carbonyl (C=O) groups is 2. The maximum absolute atomic E-state index is 11.4. The number of hydrogen-bond acceptors (Lipinski definition) is 3. The summed E-state index contributed by atoms with van der Waals surface area (Å²) in [7, 11) is 0. The fraction of sp³-hybridized carbons (Fsp3) is 0.500. The molecule has 0 saturated heterocycles. The van der Waals surface area contributed by atoms with Crippen molar-refractivity contribution in [3.05, 3.63) is 23.7 Å². The zero-order valence-corrected chi connectivity index (χ0v) is 9.90. The molecule has 1 heterocycles. The lowest BCUT2D eigenvalue weighted by Gasteiger charge is -2.24. The minimum Gasteiger partial charge on any atom is -0.481 e. The molecule has 1 atom stereocenters. The van der Waals surface area contributed by atoms with E-state index in [1.807, 2.05) is 6.92 Å². The molecular weight excluding hydrogens is 224 g/mol. The fourth-order valence-electron chi connectivity index (χ4n) is 1.95. The van der Waals surface area contributed by atoms with E-state index in [4.69, 9.17) is 9.52 Å². The molecule has 5 nitrogen and oxygen atoms in total. The Hall–Kier alpha value is -1.78. The van der Waals surface area contributed by atoms with Crippen molar-refractivity contribution in [3.8, 4) is 0 Å². The topological polar surface area (TPSA) is 87.7 Å². The first-order chi connectivity index (χ1) is 7.92. The zero-order chi connectivity index (χ0) is 13.1. The molecule has 1 aromatic heterocycles. The Morgan fingerprint density at radius 3 is 2.41 bits per heavy atom. The van der Waals surface area contributed by atoms with E-state index in [0.29, 0.717) is 6.42 Å². The van der Waals surface area contributed by atoms with Gasteiger partial charge in [0.2, 0.25) is 0 Å². The van der Waals surface area contributed by atoms with Gasteiger partial charge in [0.05, 0.1) is 12.7 Å². The number of rotatable bonds is 6. The first-order valence-electron chi connectivity index (χ1n) is 5.43. The van der Waals surface area contributed by atoms with Gasteiger partial charge in [0.25, 0.3) is 0 Å². The van der Waals surface area contributed by atoms with E-state index in [1.54, 1.807) is 13.0 Å². The average Bonchev–Trinajstić information content (AvgIpc) is 2.63. The van der Waals surface area contributed by atoms with Crippen molar-refractivity contribution in [1.29, 1.82) is 0 Å². The first-order valence-corrected chi connectivity index (χ1v) is 5.43. The lowest BCUT2D eigenvalue weighted by Crippen LogP contribution is -2.37. The number of aryl methyl sites for hydroxylation is 1. The van der Waals surface area contributed by atoms with Crippen LogP contribution in [0.3, 0.4) is 0 Å². The molecular formula is C12H16O5. The molecule has 0 amide bonds. The Kier molecular flexibility index (Phi) is 3.93. The van der Waals surface area contributed by atoms with Gasteiger partial charge in [-0.2, -0.15) is 0 Å². The second-order valence-electron chi connectivity index (χ2n) is 4.20. The molecule has 1 rings (SSSR count). The summed E-state index contributed by atoms with van der Waals surface area (Å²) in [5, 5.41) is 18.2. The monoisotopic (exact) mass is 240 g/mol. The van der Waals surface area contributed by atoms with Gasteiger partial charge in [0.15, 0.2) is 0 Å². The number of aliphatic carboxylic acids is 2. The first kappa shape index (κ1) is 13.3. The largest absolute Gasteiger partial charge is 0.481 e. The predicted molar refractivity (Wildman–Crippen MR) is 59.9 cm³/mol. The zero-order valence-electron chi connectivity index (χ0n) is 9.90. The second kappa shape index (κ2) is 5.03. The van der Waals surface area contributed by atoms with E-state index in [1.165, 1.54) is 6.26 Å². The maximum Gasteiger partial charge on any atom is 0.317 e. The number of carboxylic acids is 2. The Bertz CT molecular complexity index is 420. The molecule has 0 aliphatic carbocycles. The highest BCUT2D eigenvalue weighted by atomic mass is 16.4. The van der Waals surface area contributed by atoms with E-state index < -0.39 is 23.8 Å². The average molecular weight is 240 g/mol. The third kappa shape index (κ3) is 2.67. The fourth-order valence-corrected chi connectivity index (χ4v) is 1.95. The Morgan fingerprint density at radius 2 is 2.06 bits per heavy atom. The van der Waals surface area contributed by atoms with Crippen LogP contribution in [0.4, 0.5) is 0 Å². The van der Waals surface area contributed by atoms with Crippen molar-refractivity contribution < 1.29 is 24.2 Å². The normalized spacial score (nSPS) is 14.2. The standard InChI is InChI=1S/C12H16O5/c1-3-4-12(11(15)16,6-10(13)14)9-5-8(2)7-17-9/h5,7H,3-4,6H2,1-2H3,(H,13,14)(H,15,16). The van der Waals surface area contributed by atoms with Crippen LogP contribution in [-0.2, 0) is 15.0 Å². The summed E-state index contributed by atoms with van der Waals surface area (Å²) in [6.45, 7) is 3.58. The molecule has 0 fully saturated rings. The summed E-state index contributed by atoms with van der Waals surface area (Å²) in [6.07, 6.45) is 1.77. The van der Waals surface area contributed by atoms with Crippen LogP contribution in [0.5, 0.6) is 0 Å². The molecule has 1 aromatic rings. The Balaban J connectivity index is 3.23. The van der Waals surface area contributed by atoms with Crippen LogP contribution in [0.1, 0.15) is 37.5 Å². The molecule has 0 saturated carbocycles. The number of carboxylic acid groups (broad SMARTS) is 2. The Labute approximate surface area is 99.1 Å². The number of furan rings is 1. The van der Waals surface area contributed by atoms with Crippen molar-refractivity contribution in [3.63, 3.8) is 0 Å². The van der Waals surface area contributed by atoms with E-state index >= 15 is 0 Å². The van der Waals surface area contributed by atoms with E-state index in [-0.39, 0.29) is 12.2 Å². The van der Waals surface area contributed by atoms with Crippen LogP contribution in [0.25, 0.3) is 0 Å². The van der Waals surface area contributed by atoms with Gasteiger partial charge in [0, 0.05) is 0 Å². The summed E-state index contributed by atoms with van der Waals surface area (Å²) < 4.78 is 5.20. The SMILES string of the molecule is CCCC(CC(=O)O)(C(=O)O)c1cc(C)co1. The van der Waals surface area contributed by atoms with Crippen LogP contribution in [-0.4, -0.2) is 22.2 Å². The Morgan fingerprint density at radius 1 is 1.41 bits per heavy atom. The highest BCUT2D eigenvalue weighted by Gasteiger charge is 2.44. The van der Waals surface area contributed by atoms with Gasteiger partial charge >= 0.3 is 11.9 Å². The van der Waals surface area contributed by atoms with Crippen LogP contribution in [0, 0.1) is 6.92 Å². The quantitative estimate of drug-likeness (QED) is 0.795. The van der Waals surface area contributed by atoms with Crippen LogP contribution in [0.2, 0.25) is 0 Å². The third-order valence-electron chi connectivity index (χ3n) is 2.74. The van der Waals surface area contributed by atoms with E-state index in [2.05, 4.69) is 0 Å². The lowest BCUT2D eigenvalue weighted by atomic mass is 9.78. The van der Waals surface area contributed by atoms with Crippen molar-refractivity contribution in [2.45, 2.75) is 38.5 Å². The molecule has 0 radical (unpaired) electrons. The molecule has 0 aromatic carbocycles. The van der Waals surface area contributed by atoms with Gasteiger partial charge in [-0.25, -0.2) is 0 Å². The van der Waals surface area contributed by atoms with Gasteiger partial charge < -0.3 is 14.6 Å². The van der Waals surface area contributed by atoms with Crippen molar-refractivity contribution in [1.82, 2.24) is 0 Å². The van der Waals surface area contributed by atoms with Crippen LogP contribution >= 0.6 is 0 Å². The smallest absolute Gasteiger partial charge is 0.317 e. The highest BCUT2D eigenvalue weighted by Crippen LogP contribution is 2.34. The van der Waals surface area contributed by atoms with E-state index in [9.17, 15) is 14.7 Å². The van der Waals surface area contributed by atoms with Gasteiger partial charge in [0.1, 0.15) is 11.2 Å². The summed E-state index contributed by atoms with van der Waals surface area (Å²) in [4.78, 5) is 22.3. The number of hydrogen-bond donors (Lipinski definition) is 2. The molecule has 0 bridgehead atoms. The summed E-state index contributed by atoms with van der Waals surface area (Å²) >= 11 is 0. The van der Waals surface area contributed by atoms with Crippen LogP contribution in [0.15, 0.2) is 16.7 Å². The van der Waals surface area contributed by atoms with E-state index in [0.717, 1.165) is 5.56 Å². The summed E-state index contributed by atoms with van der Waals surface area (Å²) in [5.41, 5.74) is -0.679. The predicted octanol–water partition coefficient (Wildman–Crippen LogP) is 2.19. The minimum absolute atomic E-state index is 0.215. The minimum atomic E-state index is -1.46.